The number of carbonyl (C=O) groups is 1. The number of benzene rings is 1. The van der Waals surface area contributed by atoms with Crippen molar-refractivity contribution in [2.75, 3.05) is 6.61 Å². The zero-order chi connectivity index (χ0) is 16.2. The molecule has 0 aliphatic heterocycles. The summed E-state index contributed by atoms with van der Waals surface area (Å²) < 4.78 is 10.6. The number of halogens is 3. The first kappa shape index (κ1) is 18.1. The van der Waals surface area contributed by atoms with E-state index >= 15 is 0 Å². The van der Waals surface area contributed by atoms with Crippen molar-refractivity contribution >= 4 is 49.1 Å². The number of ether oxygens (including phenoxy) is 1. The van der Waals surface area contributed by atoms with Gasteiger partial charge >= 0.3 is 5.97 Å². The van der Waals surface area contributed by atoms with Crippen LogP contribution in [0, 0.1) is 11.3 Å². The van der Waals surface area contributed by atoms with Crippen molar-refractivity contribution in [1.82, 2.24) is 0 Å². The Morgan fingerprint density at radius 3 is 2.43 bits per heavy atom. The largest absolute Gasteiger partial charge is 0.516 e. The van der Waals surface area contributed by atoms with Crippen LogP contribution in [0.25, 0.3) is 0 Å². The van der Waals surface area contributed by atoms with E-state index in [4.69, 9.17) is 49.2 Å². The zero-order valence-electron chi connectivity index (χ0n) is 11.7. The van der Waals surface area contributed by atoms with Gasteiger partial charge in [0, 0.05) is 6.07 Å². The number of nitrogens with zero attached hydrogens (tertiary/aromatic N) is 1. The fourth-order valence-corrected chi connectivity index (χ4v) is 3.04. The highest BCUT2D eigenvalue weighted by molar-refractivity contribution is 6.74. The molecule has 0 N–H and O–H groups in total. The van der Waals surface area contributed by atoms with Gasteiger partial charge in [-0.1, -0.05) is 34.8 Å². The standard InChI is InChI=1S/C13H14Cl3NO3Si/c1-8(6-17)21(2,3)20-13(18)7-19-12-5-10(15)9(14)4-11(12)16/h4-5,8H,7H2,1-3H3. The predicted octanol–water partition coefficient (Wildman–Crippen LogP) is 4.69. The normalized spacial score (nSPS) is 12.4. The van der Waals surface area contributed by atoms with E-state index in [-0.39, 0.29) is 27.9 Å². The molecule has 0 aromatic heterocycles. The second-order valence-electron chi connectivity index (χ2n) is 4.91. The molecular formula is C13H14Cl3NO3Si. The molecule has 0 aliphatic rings. The maximum atomic E-state index is 11.8. The molecular weight excluding hydrogens is 353 g/mol. The molecule has 21 heavy (non-hydrogen) atoms. The molecule has 0 aliphatic carbocycles. The Balaban J connectivity index is 2.66. The molecule has 0 spiro atoms. The van der Waals surface area contributed by atoms with Gasteiger partial charge in [0.2, 0.25) is 0 Å². The van der Waals surface area contributed by atoms with Crippen molar-refractivity contribution in [2.45, 2.75) is 25.6 Å². The summed E-state index contributed by atoms with van der Waals surface area (Å²) in [5.74, 6) is -0.299. The maximum Gasteiger partial charge on any atom is 0.330 e. The molecule has 1 aromatic carbocycles. The Kier molecular flexibility index (Phi) is 6.35. The number of hydrogen-bond donors (Lipinski definition) is 0. The summed E-state index contributed by atoms with van der Waals surface area (Å²) >= 11 is 17.6. The lowest BCUT2D eigenvalue weighted by Crippen LogP contribution is -2.38. The summed E-state index contributed by atoms with van der Waals surface area (Å²) in [6.45, 7) is 5.01. The van der Waals surface area contributed by atoms with Crippen molar-refractivity contribution in [1.29, 1.82) is 5.26 Å². The van der Waals surface area contributed by atoms with Crippen molar-refractivity contribution in [3.05, 3.63) is 27.2 Å². The molecule has 4 nitrogen and oxygen atoms in total. The number of hydrogen-bond acceptors (Lipinski definition) is 4. The lowest BCUT2D eigenvalue weighted by atomic mass is 10.3. The molecule has 0 heterocycles. The van der Waals surface area contributed by atoms with Crippen molar-refractivity contribution in [3.63, 3.8) is 0 Å². The minimum Gasteiger partial charge on any atom is -0.516 e. The number of rotatable bonds is 5. The highest BCUT2D eigenvalue weighted by atomic mass is 35.5. The third-order valence-corrected chi connectivity index (χ3v) is 6.92. The molecule has 0 bridgehead atoms. The van der Waals surface area contributed by atoms with E-state index in [1.807, 2.05) is 0 Å². The van der Waals surface area contributed by atoms with Crippen LogP contribution in [0.3, 0.4) is 0 Å². The molecule has 1 unspecified atom stereocenters. The van der Waals surface area contributed by atoms with E-state index in [2.05, 4.69) is 6.07 Å². The predicted molar refractivity (Wildman–Crippen MR) is 85.6 cm³/mol. The Bertz CT molecular complexity index is 587. The Morgan fingerprint density at radius 2 is 1.86 bits per heavy atom. The Labute approximate surface area is 139 Å². The van der Waals surface area contributed by atoms with E-state index in [1.54, 1.807) is 20.0 Å². The van der Waals surface area contributed by atoms with Crippen LogP contribution in [-0.4, -0.2) is 20.9 Å². The number of carbonyl (C=O) groups excluding carboxylic acids is 1. The van der Waals surface area contributed by atoms with Gasteiger partial charge in [-0.3, -0.25) is 0 Å². The second-order valence-corrected chi connectivity index (χ2v) is 10.4. The van der Waals surface area contributed by atoms with Crippen LogP contribution < -0.4 is 4.74 Å². The third kappa shape index (κ3) is 5.08. The zero-order valence-corrected chi connectivity index (χ0v) is 15.0. The van der Waals surface area contributed by atoms with Crippen LogP contribution in [0.2, 0.25) is 33.7 Å². The summed E-state index contributed by atoms with van der Waals surface area (Å²) in [6, 6.07) is 4.96. The minimum atomic E-state index is -2.41. The molecule has 114 valence electrons. The van der Waals surface area contributed by atoms with Gasteiger partial charge in [-0.2, -0.15) is 5.26 Å². The van der Waals surface area contributed by atoms with Gasteiger partial charge in [0.05, 0.1) is 26.7 Å². The fraction of sp³-hybridized carbons (Fsp3) is 0.385. The summed E-state index contributed by atoms with van der Waals surface area (Å²) in [5, 5.41) is 9.73. The molecule has 1 atom stereocenters. The topological polar surface area (TPSA) is 59.3 Å². The molecule has 0 fully saturated rings. The number of nitriles is 1. The molecule has 0 amide bonds. The van der Waals surface area contributed by atoms with Gasteiger partial charge in [-0.25, -0.2) is 4.79 Å². The highest BCUT2D eigenvalue weighted by Gasteiger charge is 2.34. The smallest absolute Gasteiger partial charge is 0.330 e. The van der Waals surface area contributed by atoms with Crippen molar-refractivity contribution in [2.24, 2.45) is 0 Å². The minimum absolute atomic E-state index is 0.246. The summed E-state index contributed by atoms with van der Waals surface area (Å²) in [5.41, 5.74) is -0.310. The molecule has 0 saturated heterocycles. The van der Waals surface area contributed by atoms with E-state index in [0.29, 0.717) is 5.02 Å². The summed E-state index contributed by atoms with van der Waals surface area (Å²) in [7, 11) is -2.41. The Morgan fingerprint density at radius 1 is 1.29 bits per heavy atom. The first-order valence-electron chi connectivity index (χ1n) is 6.06. The average Bonchev–Trinajstić information content (AvgIpc) is 2.39. The SMILES string of the molecule is CC(C#N)[Si](C)(C)OC(=O)COc1cc(Cl)c(Cl)cc1Cl. The quantitative estimate of drug-likeness (QED) is 0.560. The van der Waals surface area contributed by atoms with Crippen LogP contribution in [0.4, 0.5) is 0 Å². The van der Waals surface area contributed by atoms with Gasteiger partial charge in [-0.05, 0) is 26.1 Å². The molecule has 8 heteroatoms. The summed E-state index contributed by atoms with van der Waals surface area (Å²) in [6.07, 6.45) is 0. The molecule has 1 aromatic rings. The van der Waals surface area contributed by atoms with Crippen LogP contribution in [0.5, 0.6) is 5.75 Å². The summed E-state index contributed by atoms with van der Waals surface area (Å²) in [4.78, 5) is 11.8. The van der Waals surface area contributed by atoms with Crippen LogP contribution in [-0.2, 0) is 9.22 Å². The molecule has 0 saturated carbocycles. The molecule has 1 rings (SSSR count). The van der Waals surface area contributed by atoms with E-state index in [0.717, 1.165) is 0 Å². The third-order valence-electron chi connectivity index (χ3n) is 2.93. The van der Waals surface area contributed by atoms with Crippen LogP contribution in [0.1, 0.15) is 6.92 Å². The van der Waals surface area contributed by atoms with Gasteiger partial charge in [0.25, 0.3) is 8.32 Å². The van der Waals surface area contributed by atoms with Crippen LogP contribution in [0.15, 0.2) is 12.1 Å². The Hall–Kier alpha value is -0.933. The second kappa shape index (κ2) is 7.37. The van der Waals surface area contributed by atoms with E-state index < -0.39 is 14.3 Å². The lowest BCUT2D eigenvalue weighted by molar-refractivity contribution is -0.137. The van der Waals surface area contributed by atoms with Gasteiger partial charge in [0.15, 0.2) is 6.61 Å². The lowest BCUT2D eigenvalue weighted by Gasteiger charge is -2.24. The molecule has 0 radical (unpaired) electrons. The van der Waals surface area contributed by atoms with Crippen molar-refractivity contribution in [3.8, 4) is 11.8 Å². The van der Waals surface area contributed by atoms with E-state index in [9.17, 15) is 4.79 Å². The fourth-order valence-electron chi connectivity index (χ4n) is 1.32. The van der Waals surface area contributed by atoms with Gasteiger partial charge in [-0.15, -0.1) is 0 Å². The first-order chi connectivity index (χ1) is 9.67. The monoisotopic (exact) mass is 365 g/mol. The maximum absolute atomic E-state index is 11.8. The van der Waals surface area contributed by atoms with Gasteiger partial charge in [0.1, 0.15) is 5.75 Å². The first-order valence-corrected chi connectivity index (χ1v) is 10.2. The van der Waals surface area contributed by atoms with Crippen molar-refractivity contribution < 1.29 is 14.0 Å². The van der Waals surface area contributed by atoms with Gasteiger partial charge < -0.3 is 9.16 Å². The van der Waals surface area contributed by atoms with Crippen LogP contribution >= 0.6 is 34.8 Å². The average molecular weight is 367 g/mol. The highest BCUT2D eigenvalue weighted by Crippen LogP contribution is 2.33. The van der Waals surface area contributed by atoms with E-state index in [1.165, 1.54) is 12.1 Å².